The number of nitrogens with one attached hydrogen (secondary N) is 1. The molecule has 0 saturated carbocycles. The van der Waals surface area contributed by atoms with Crippen LogP contribution < -0.4 is 36.7 Å². The van der Waals surface area contributed by atoms with Gasteiger partial charge in [0.05, 0.1) is 26.4 Å². The first kappa shape index (κ1) is 23.7. The minimum Gasteiger partial charge on any atom is -0.490 e. The number of unbranched alkanes of at least 4 members (excludes halogenated alkanes) is 1. The van der Waals surface area contributed by atoms with E-state index in [1.807, 2.05) is 11.8 Å². The number of hydrogen-bond acceptors (Lipinski definition) is 8. The van der Waals surface area contributed by atoms with E-state index in [1.165, 1.54) is 4.57 Å². The second kappa shape index (κ2) is 10.6. The number of amides is 1. The third kappa shape index (κ3) is 5.04. The summed E-state index contributed by atoms with van der Waals surface area (Å²) in [5, 5.41) is 2.74. The Morgan fingerprint density at radius 1 is 1.06 bits per heavy atom. The van der Waals surface area contributed by atoms with Crippen molar-refractivity contribution < 1.29 is 19.0 Å². The van der Waals surface area contributed by atoms with Gasteiger partial charge in [-0.05, 0) is 18.6 Å². The van der Waals surface area contributed by atoms with Crippen molar-refractivity contribution in [2.45, 2.75) is 39.3 Å². The van der Waals surface area contributed by atoms with Crippen LogP contribution in [-0.2, 0) is 22.6 Å². The Balaban J connectivity index is 1.62. The maximum Gasteiger partial charge on any atom is 0.333 e. The Morgan fingerprint density at radius 2 is 1.79 bits per heavy atom. The van der Waals surface area contributed by atoms with E-state index in [-0.39, 0.29) is 11.5 Å². The number of nitrogens with zero attached hydrogens (tertiary/aromatic N) is 3. The molecule has 0 unspecified atom stereocenters. The first-order valence-electron chi connectivity index (χ1n) is 11.6. The first-order valence-corrected chi connectivity index (χ1v) is 11.6. The Kier molecular flexibility index (Phi) is 7.41. The smallest absolute Gasteiger partial charge is 0.333 e. The van der Waals surface area contributed by atoms with Crippen molar-refractivity contribution in [1.82, 2.24) is 9.13 Å². The molecule has 1 saturated heterocycles. The highest BCUT2D eigenvalue weighted by atomic mass is 16.5. The van der Waals surface area contributed by atoms with Gasteiger partial charge in [0, 0.05) is 37.8 Å². The zero-order valence-electron chi connectivity index (χ0n) is 19.4. The molecular formula is C23H31N5O6. The lowest BCUT2D eigenvalue weighted by Crippen LogP contribution is -2.48. The summed E-state index contributed by atoms with van der Waals surface area (Å²) >= 11 is 0. The fourth-order valence-electron chi connectivity index (χ4n) is 4.04. The fraction of sp³-hybridized carbons (Fsp3) is 0.522. The third-order valence-electron chi connectivity index (χ3n) is 5.84. The fourth-order valence-corrected chi connectivity index (χ4v) is 4.04. The number of benzene rings is 1. The Morgan fingerprint density at radius 3 is 2.53 bits per heavy atom. The van der Waals surface area contributed by atoms with Crippen LogP contribution in [0.5, 0.6) is 11.5 Å². The molecule has 0 aliphatic carbocycles. The molecule has 1 amide bonds. The molecule has 2 aliphatic rings. The Labute approximate surface area is 197 Å². The summed E-state index contributed by atoms with van der Waals surface area (Å²) < 4.78 is 19.0. The van der Waals surface area contributed by atoms with E-state index in [4.69, 9.17) is 19.9 Å². The van der Waals surface area contributed by atoms with Crippen molar-refractivity contribution in [3.8, 4) is 11.5 Å². The summed E-state index contributed by atoms with van der Waals surface area (Å²) in [6.07, 6.45) is 2.34. The van der Waals surface area contributed by atoms with Crippen LogP contribution in [0.4, 0.5) is 17.2 Å². The Hall–Kier alpha value is -3.47. The van der Waals surface area contributed by atoms with Gasteiger partial charge in [0.25, 0.3) is 5.56 Å². The average molecular weight is 474 g/mol. The molecule has 1 aromatic heterocycles. The summed E-state index contributed by atoms with van der Waals surface area (Å²) in [5.74, 6) is 0.772. The number of hydrogen-bond donors (Lipinski definition) is 2. The second-order valence-electron chi connectivity index (χ2n) is 8.27. The van der Waals surface area contributed by atoms with Crippen LogP contribution in [0.2, 0.25) is 0 Å². The van der Waals surface area contributed by atoms with Crippen molar-refractivity contribution in [2.75, 3.05) is 55.5 Å². The van der Waals surface area contributed by atoms with Crippen molar-refractivity contribution in [3.05, 3.63) is 39.0 Å². The molecule has 0 bridgehead atoms. The molecule has 1 aromatic carbocycles. The molecule has 0 atom stereocenters. The van der Waals surface area contributed by atoms with Crippen LogP contribution in [0.25, 0.3) is 0 Å². The number of fused-ring (bicyclic) bond motifs is 1. The zero-order valence-corrected chi connectivity index (χ0v) is 19.4. The van der Waals surface area contributed by atoms with Crippen molar-refractivity contribution in [3.63, 3.8) is 0 Å². The van der Waals surface area contributed by atoms with E-state index < -0.39 is 23.7 Å². The molecule has 3 N–H and O–H groups in total. The van der Waals surface area contributed by atoms with Crippen LogP contribution in [-0.4, -0.2) is 54.6 Å². The summed E-state index contributed by atoms with van der Waals surface area (Å²) in [4.78, 5) is 41.2. The van der Waals surface area contributed by atoms with E-state index >= 15 is 0 Å². The van der Waals surface area contributed by atoms with Crippen LogP contribution in [0.1, 0.15) is 26.2 Å². The largest absolute Gasteiger partial charge is 0.490 e. The minimum absolute atomic E-state index is 0.130. The lowest BCUT2D eigenvalue weighted by atomic mass is 10.2. The number of nitrogens with two attached hydrogens (primary N) is 1. The standard InChI is InChI=1S/C23H31N5O6/c1-2-3-7-27-21(24)20(26-8-12-32-13-9-26)22(30)28(23(27)31)15-19(29)25-16-5-6-17-18(14-16)34-11-4-10-33-17/h5-6,14H,2-4,7-13,15,24H2,1H3,(H,25,29). The molecule has 0 spiro atoms. The van der Waals surface area contributed by atoms with Crippen LogP contribution >= 0.6 is 0 Å². The minimum atomic E-state index is -0.596. The van der Waals surface area contributed by atoms with Gasteiger partial charge < -0.3 is 30.2 Å². The summed E-state index contributed by atoms with van der Waals surface area (Å²) in [6, 6.07) is 5.08. The highest BCUT2D eigenvalue weighted by Crippen LogP contribution is 2.32. The predicted octanol–water partition coefficient (Wildman–Crippen LogP) is 1.03. The molecule has 4 rings (SSSR count). The molecule has 2 aliphatic heterocycles. The quantitative estimate of drug-likeness (QED) is 0.610. The number of carbonyl (C=O) groups is 1. The van der Waals surface area contributed by atoms with Gasteiger partial charge in [-0.15, -0.1) is 0 Å². The number of morpholine rings is 1. The van der Waals surface area contributed by atoms with E-state index in [1.54, 1.807) is 18.2 Å². The molecule has 34 heavy (non-hydrogen) atoms. The van der Waals surface area contributed by atoms with E-state index in [0.717, 1.165) is 17.4 Å². The van der Waals surface area contributed by atoms with Crippen molar-refractivity contribution >= 4 is 23.1 Å². The zero-order chi connectivity index (χ0) is 24.1. The normalized spacial score (nSPS) is 15.6. The summed E-state index contributed by atoms with van der Waals surface area (Å²) in [6.45, 7) is 4.89. The molecule has 11 nitrogen and oxygen atoms in total. The van der Waals surface area contributed by atoms with Crippen LogP contribution in [0.3, 0.4) is 0 Å². The van der Waals surface area contributed by atoms with Gasteiger partial charge in [-0.2, -0.15) is 0 Å². The summed E-state index contributed by atoms with van der Waals surface area (Å²) in [5.41, 5.74) is 5.85. The van der Waals surface area contributed by atoms with Crippen LogP contribution in [0.15, 0.2) is 27.8 Å². The van der Waals surface area contributed by atoms with Gasteiger partial charge in [0.2, 0.25) is 5.91 Å². The van der Waals surface area contributed by atoms with Crippen molar-refractivity contribution in [1.29, 1.82) is 0 Å². The van der Waals surface area contributed by atoms with E-state index in [2.05, 4.69) is 5.32 Å². The SMILES string of the molecule is CCCCn1c(N)c(N2CCOCC2)c(=O)n(CC(=O)Nc2ccc3c(c2)OCCCO3)c1=O. The lowest BCUT2D eigenvalue weighted by Gasteiger charge is -2.30. The first-order chi connectivity index (χ1) is 16.5. The molecule has 1 fully saturated rings. The highest BCUT2D eigenvalue weighted by Gasteiger charge is 2.24. The number of nitrogen functional groups attached to an aromatic ring is 1. The predicted molar refractivity (Wildman–Crippen MR) is 128 cm³/mol. The van der Waals surface area contributed by atoms with Gasteiger partial charge in [0.1, 0.15) is 18.1 Å². The van der Waals surface area contributed by atoms with E-state index in [9.17, 15) is 14.4 Å². The van der Waals surface area contributed by atoms with Gasteiger partial charge in [0.15, 0.2) is 11.5 Å². The summed E-state index contributed by atoms with van der Waals surface area (Å²) in [7, 11) is 0. The number of anilines is 3. The maximum absolute atomic E-state index is 13.3. The van der Waals surface area contributed by atoms with Gasteiger partial charge in [-0.25, -0.2) is 9.36 Å². The van der Waals surface area contributed by atoms with Gasteiger partial charge in [-0.1, -0.05) is 13.3 Å². The lowest BCUT2D eigenvalue weighted by molar-refractivity contribution is -0.116. The monoisotopic (exact) mass is 473 g/mol. The molecule has 2 aromatic rings. The van der Waals surface area contributed by atoms with Gasteiger partial charge in [-0.3, -0.25) is 14.2 Å². The molecule has 0 radical (unpaired) electrons. The maximum atomic E-state index is 13.3. The number of ether oxygens (including phenoxy) is 3. The Bertz CT molecular complexity index is 1150. The number of carbonyl (C=O) groups excluding carboxylic acids is 1. The number of rotatable bonds is 7. The molecule has 184 valence electrons. The highest BCUT2D eigenvalue weighted by molar-refractivity contribution is 5.91. The number of aromatic nitrogens is 2. The van der Waals surface area contributed by atoms with Crippen LogP contribution in [0, 0.1) is 0 Å². The topological polar surface area (TPSA) is 130 Å². The third-order valence-corrected chi connectivity index (χ3v) is 5.84. The average Bonchev–Trinajstić information content (AvgIpc) is 3.08. The molecular weight excluding hydrogens is 442 g/mol. The molecule has 3 heterocycles. The van der Waals surface area contributed by atoms with Crippen molar-refractivity contribution in [2.24, 2.45) is 0 Å². The van der Waals surface area contributed by atoms with E-state index in [0.29, 0.717) is 69.7 Å². The molecule has 11 heteroatoms. The second-order valence-corrected chi connectivity index (χ2v) is 8.27. The van der Waals surface area contributed by atoms with Gasteiger partial charge >= 0.3 is 5.69 Å².